The van der Waals surface area contributed by atoms with Gasteiger partial charge >= 0.3 is 0 Å². The molecule has 2 nitrogen and oxygen atoms in total. The van der Waals surface area contributed by atoms with Crippen LogP contribution in [0.1, 0.15) is 63.8 Å². The highest BCUT2D eigenvalue weighted by Crippen LogP contribution is 2.60. The molecule has 2 heterocycles. The van der Waals surface area contributed by atoms with E-state index in [1.807, 2.05) is 0 Å². The molecular formula is C18H26N2. The van der Waals surface area contributed by atoms with Crippen LogP contribution in [-0.2, 0) is 18.4 Å². The van der Waals surface area contributed by atoms with Gasteiger partial charge in [0.1, 0.15) is 0 Å². The maximum absolute atomic E-state index is 5.09. The molecule has 0 unspecified atom stereocenters. The Balaban J connectivity index is 1.52. The molecule has 6 rings (SSSR count). The molecule has 4 aliphatic carbocycles. The molecular weight excluding hydrogens is 244 g/mol. The fourth-order valence-corrected chi connectivity index (χ4v) is 6.37. The number of hydrogen-bond acceptors (Lipinski definition) is 1. The molecule has 1 aromatic heterocycles. The molecule has 108 valence electrons. The number of aromatic nitrogens is 2. The van der Waals surface area contributed by atoms with E-state index >= 15 is 0 Å². The Morgan fingerprint density at radius 2 is 1.65 bits per heavy atom. The third-order valence-electron chi connectivity index (χ3n) is 6.68. The van der Waals surface area contributed by atoms with Crippen molar-refractivity contribution >= 4 is 0 Å². The molecule has 0 aromatic carbocycles. The van der Waals surface area contributed by atoms with Crippen LogP contribution >= 0.6 is 0 Å². The zero-order chi connectivity index (χ0) is 13.5. The van der Waals surface area contributed by atoms with Crippen molar-refractivity contribution in [2.45, 2.75) is 70.8 Å². The summed E-state index contributed by atoms with van der Waals surface area (Å²) < 4.78 is 2.33. The van der Waals surface area contributed by atoms with E-state index in [1.165, 1.54) is 56.3 Å². The molecule has 5 aliphatic rings. The minimum atomic E-state index is 0.419. The lowest BCUT2D eigenvalue weighted by molar-refractivity contribution is -0.00758. The first kappa shape index (κ1) is 11.8. The summed E-state index contributed by atoms with van der Waals surface area (Å²) in [5, 5.41) is 5.09. The Kier molecular flexibility index (Phi) is 2.07. The van der Waals surface area contributed by atoms with Crippen LogP contribution in [0.5, 0.6) is 0 Å². The first-order valence-electron chi connectivity index (χ1n) is 8.59. The summed E-state index contributed by atoms with van der Waals surface area (Å²) in [6, 6.07) is 2.49. The van der Waals surface area contributed by atoms with Crippen LogP contribution in [-0.4, -0.2) is 9.78 Å². The second-order valence-electron chi connectivity index (χ2n) is 9.22. The average Bonchev–Trinajstić information content (AvgIpc) is 2.80. The lowest BCUT2D eigenvalue weighted by Gasteiger charge is -2.56. The largest absolute Gasteiger partial charge is 0.269 e. The number of nitrogens with zero attached hydrogens (tertiary/aromatic N) is 2. The van der Waals surface area contributed by atoms with Crippen LogP contribution in [0.25, 0.3) is 0 Å². The van der Waals surface area contributed by atoms with Gasteiger partial charge in [-0.05, 0) is 74.2 Å². The van der Waals surface area contributed by atoms with Gasteiger partial charge in [0.25, 0.3) is 0 Å². The Morgan fingerprint density at radius 3 is 2.20 bits per heavy atom. The van der Waals surface area contributed by atoms with Gasteiger partial charge in [0.2, 0.25) is 0 Å². The molecule has 4 bridgehead atoms. The minimum Gasteiger partial charge on any atom is -0.269 e. The molecule has 0 spiro atoms. The van der Waals surface area contributed by atoms with Crippen LogP contribution in [0.2, 0.25) is 0 Å². The average molecular weight is 270 g/mol. The Bertz CT molecular complexity index is 505. The van der Waals surface area contributed by atoms with Crippen LogP contribution in [0.15, 0.2) is 6.07 Å². The lowest BCUT2D eigenvalue weighted by Crippen LogP contribution is -2.48. The van der Waals surface area contributed by atoms with Gasteiger partial charge in [-0.25, -0.2) is 0 Å². The van der Waals surface area contributed by atoms with Gasteiger partial charge < -0.3 is 0 Å². The topological polar surface area (TPSA) is 17.8 Å². The molecule has 1 aliphatic heterocycles. The van der Waals surface area contributed by atoms with Gasteiger partial charge in [0, 0.05) is 17.7 Å². The summed E-state index contributed by atoms with van der Waals surface area (Å²) in [5.74, 6) is 3.07. The monoisotopic (exact) mass is 270 g/mol. The number of fused-ring (bicyclic) bond motifs is 1. The van der Waals surface area contributed by atoms with E-state index in [0.717, 1.165) is 24.3 Å². The van der Waals surface area contributed by atoms with Gasteiger partial charge in [0.15, 0.2) is 0 Å². The number of rotatable bonds is 1. The normalized spacial score (nSPS) is 44.0. The Morgan fingerprint density at radius 1 is 1.05 bits per heavy atom. The van der Waals surface area contributed by atoms with Gasteiger partial charge in [-0.3, -0.25) is 4.68 Å². The van der Waals surface area contributed by atoms with Crippen LogP contribution in [0, 0.1) is 23.2 Å². The molecule has 20 heavy (non-hydrogen) atoms. The second kappa shape index (κ2) is 3.51. The highest BCUT2D eigenvalue weighted by atomic mass is 15.3. The van der Waals surface area contributed by atoms with E-state index in [-0.39, 0.29) is 0 Å². The minimum absolute atomic E-state index is 0.419. The quantitative estimate of drug-likeness (QED) is 0.756. The zero-order valence-electron chi connectivity index (χ0n) is 12.9. The standard InChI is InChI=1S/C18H26N2/c1-17(2)10-15-6-16(19-20(15)11-17)18-7-12-3-13(8-18)5-14(4-12)9-18/h6,12-14H,3-5,7-11H2,1-2H3. The Labute approximate surface area is 121 Å². The molecule has 0 N–H and O–H groups in total. The van der Waals surface area contributed by atoms with Gasteiger partial charge in [-0.1, -0.05) is 13.8 Å². The highest BCUT2D eigenvalue weighted by Gasteiger charge is 2.53. The predicted molar refractivity (Wildman–Crippen MR) is 79.6 cm³/mol. The molecule has 4 fully saturated rings. The van der Waals surface area contributed by atoms with Crippen LogP contribution in [0.4, 0.5) is 0 Å². The SMILES string of the molecule is CC1(C)Cc2cc(C34CC5CC(CC(C5)C3)C4)nn2C1. The van der Waals surface area contributed by atoms with E-state index < -0.39 is 0 Å². The van der Waals surface area contributed by atoms with Crippen molar-refractivity contribution in [3.8, 4) is 0 Å². The van der Waals surface area contributed by atoms with Gasteiger partial charge in [-0.15, -0.1) is 0 Å². The third kappa shape index (κ3) is 1.54. The van der Waals surface area contributed by atoms with Crippen molar-refractivity contribution < 1.29 is 0 Å². The van der Waals surface area contributed by atoms with E-state index in [0.29, 0.717) is 10.8 Å². The fourth-order valence-electron chi connectivity index (χ4n) is 6.37. The summed E-state index contributed by atoms with van der Waals surface area (Å²) in [6.45, 7) is 5.85. The predicted octanol–water partition coefficient (Wildman–Crippen LogP) is 3.93. The van der Waals surface area contributed by atoms with Crippen molar-refractivity contribution in [2.24, 2.45) is 23.2 Å². The summed E-state index contributed by atoms with van der Waals surface area (Å²) in [7, 11) is 0. The highest BCUT2D eigenvalue weighted by molar-refractivity contribution is 5.27. The summed E-state index contributed by atoms with van der Waals surface area (Å²) in [4.78, 5) is 0. The summed E-state index contributed by atoms with van der Waals surface area (Å²) in [6.07, 6.45) is 10.1. The van der Waals surface area contributed by atoms with E-state index in [9.17, 15) is 0 Å². The molecule has 0 saturated heterocycles. The van der Waals surface area contributed by atoms with Crippen molar-refractivity contribution in [1.29, 1.82) is 0 Å². The van der Waals surface area contributed by atoms with E-state index in [4.69, 9.17) is 5.10 Å². The van der Waals surface area contributed by atoms with Crippen molar-refractivity contribution in [2.75, 3.05) is 0 Å². The first-order chi connectivity index (χ1) is 9.51. The van der Waals surface area contributed by atoms with Crippen molar-refractivity contribution in [3.05, 3.63) is 17.5 Å². The lowest BCUT2D eigenvalue weighted by atomic mass is 9.49. The molecule has 4 saturated carbocycles. The summed E-state index contributed by atoms with van der Waals surface area (Å²) in [5.41, 5.74) is 3.88. The van der Waals surface area contributed by atoms with E-state index in [1.54, 1.807) is 0 Å². The first-order valence-corrected chi connectivity index (χ1v) is 8.59. The third-order valence-corrected chi connectivity index (χ3v) is 6.68. The molecule has 1 aromatic rings. The smallest absolute Gasteiger partial charge is 0.0689 e. The second-order valence-corrected chi connectivity index (χ2v) is 9.22. The maximum Gasteiger partial charge on any atom is 0.0689 e. The van der Waals surface area contributed by atoms with Crippen LogP contribution in [0.3, 0.4) is 0 Å². The number of hydrogen-bond donors (Lipinski definition) is 0. The van der Waals surface area contributed by atoms with E-state index in [2.05, 4.69) is 24.6 Å². The fraction of sp³-hybridized carbons (Fsp3) is 0.833. The molecule has 0 atom stereocenters. The maximum atomic E-state index is 5.09. The molecule has 0 amide bonds. The summed E-state index contributed by atoms with van der Waals surface area (Å²) >= 11 is 0. The van der Waals surface area contributed by atoms with Crippen LogP contribution < -0.4 is 0 Å². The molecule has 2 heteroatoms. The van der Waals surface area contributed by atoms with Gasteiger partial charge in [0.05, 0.1) is 5.69 Å². The van der Waals surface area contributed by atoms with Gasteiger partial charge in [-0.2, -0.15) is 5.10 Å². The zero-order valence-corrected chi connectivity index (χ0v) is 12.9. The molecule has 0 radical (unpaired) electrons. The van der Waals surface area contributed by atoms with Crippen molar-refractivity contribution in [1.82, 2.24) is 9.78 Å². The Hall–Kier alpha value is -0.790. The van der Waals surface area contributed by atoms with Crippen molar-refractivity contribution in [3.63, 3.8) is 0 Å².